The topological polar surface area (TPSA) is 16.4 Å². The lowest BCUT2D eigenvalue weighted by Gasteiger charge is -2.26. The monoisotopic (exact) mass is 601 g/mol. The van der Waals surface area contributed by atoms with Crippen LogP contribution in [0, 0.1) is 0 Å². The van der Waals surface area contributed by atoms with Gasteiger partial charge < -0.3 is 9.32 Å². The van der Waals surface area contributed by atoms with Gasteiger partial charge in [-0.1, -0.05) is 115 Å². The van der Waals surface area contributed by atoms with Gasteiger partial charge in [0.25, 0.3) is 0 Å². The van der Waals surface area contributed by atoms with Crippen LogP contribution in [0.3, 0.4) is 0 Å². The normalized spacial score (nSPS) is 15.7. The molecule has 216 valence electrons. The molecule has 0 bridgehead atoms. The molecule has 9 rings (SSSR count). The molecule has 8 aromatic carbocycles. The minimum Gasteiger partial charge on any atom is -0.456 e. The van der Waals surface area contributed by atoms with Gasteiger partial charge in [-0.25, -0.2) is 0 Å². The second-order valence-corrected chi connectivity index (χ2v) is 10.7. The molecule has 0 aliphatic heterocycles. The van der Waals surface area contributed by atoms with Crippen LogP contribution in [-0.2, 0) is 0 Å². The first-order valence-electron chi connectivity index (χ1n) is 21.5. The predicted octanol–water partition coefficient (Wildman–Crippen LogP) is 12.7. The number of rotatable bonds is 5. The Morgan fingerprint density at radius 3 is 2.00 bits per heavy atom. The zero-order chi connectivity index (χ0) is 42.6. The summed E-state index contributed by atoms with van der Waals surface area (Å²) in [6.07, 6.45) is 0. The molecule has 0 N–H and O–H groups in total. The van der Waals surface area contributed by atoms with Crippen molar-refractivity contribution in [1.29, 1.82) is 0 Å². The van der Waals surface area contributed by atoms with E-state index in [4.69, 9.17) is 22.2 Å². The molecule has 0 radical (unpaired) electrons. The van der Waals surface area contributed by atoms with E-state index in [0.29, 0.717) is 60.6 Å². The largest absolute Gasteiger partial charge is 0.456 e. The van der Waals surface area contributed by atoms with Gasteiger partial charge in [0, 0.05) is 27.8 Å². The second kappa shape index (κ2) is 10.8. The Labute approximate surface area is 287 Å². The van der Waals surface area contributed by atoms with Gasteiger partial charge in [-0.3, -0.25) is 0 Å². The van der Waals surface area contributed by atoms with Crippen LogP contribution in [0.1, 0.15) is 19.2 Å². The molecule has 2 nitrogen and oxygen atoms in total. The van der Waals surface area contributed by atoms with E-state index in [1.807, 2.05) is 24.3 Å². The summed E-state index contributed by atoms with van der Waals surface area (Å²) < 4.78 is 126. The van der Waals surface area contributed by atoms with Crippen molar-refractivity contribution in [3.63, 3.8) is 0 Å². The van der Waals surface area contributed by atoms with Gasteiger partial charge in [-0.15, -0.1) is 0 Å². The highest BCUT2D eigenvalue weighted by atomic mass is 16.3. The van der Waals surface area contributed by atoms with Crippen molar-refractivity contribution < 1.29 is 23.6 Å². The van der Waals surface area contributed by atoms with Gasteiger partial charge in [0.15, 0.2) is 0 Å². The number of hydrogen-bond acceptors (Lipinski definition) is 2. The van der Waals surface area contributed by atoms with Crippen LogP contribution in [0.4, 0.5) is 17.1 Å². The zero-order valence-electron chi connectivity index (χ0n) is 38.0. The minimum absolute atomic E-state index is 0.0106. The average molecular weight is 602 g/mol. The summed E-state index contributed by atoms with van der Waals surface area (Å²) in [7, 11) is 0. The molecule has 0 aliphatic carbocycles. The van der Waals surface area contributed by atoms with E-state index >= 15 is 0 Å². The first kappa shape index (κ1) is 15.7. The van der Waals surface area contributed by atoms with E-state index in [-0.39, 0.29) is 53.1 Å². The maximum absolute atomic E-state index is 9.50. The predicted molar refractivity (Wildman–Crippen MR) is 194 cm³/mol. The maximum atomic E-state index is 9.50. The fraction of sp³-hybridized carbons (Fsp3) is 0. The van der Waals surface area contributed by atoms with Crippen LogP contribution in [0.5, 0.6) is 0 Å². The average Bonchev–Trinajstić information content (AvgIpc) is 3.65. The third kappa shape index (κ3) is 4.51. The molecule has 0 atom stereocenters. The Morgan fingerprint density at radius 2 is 1.15 bits per heavy atom. The van der Waals surface area contributed by atoms with Crippen LogP contribution in [-0.4, -0.2) is 0 Å². The number of furan rings is 1. The molecule has 0 unspecified atom stereocenters. The molecule has 9 aromatic rings. The van der Waals surface area contributed by atoms with E-state index in [2.05, 4.69) is 0 Å². The van der Waals surface area contributed by atoms with Crippen molar-refractivity contribution in [3.05, 3.63) is 176 Å². The number of nitrogens with zero attached hydrogens (tertiary/aromatic N) is 1. The third-order valence-electron chi connectivity index (χ3n) is 8.03. The molecular formula is C44H29NO. The van der Waals surface area contributed by atoms with E-state index < -0.39 is 48.3 Å². The van der Waals surface area contributed by atoms with Crippen molar-refractivity contribution in [2.24, 2.45) is 0 Å². The smallest absolute Gasteiger partial charge is 0.136 e. The fourth-order valence-electron chi connectivity index (χ4n) is 5.87. The summed E-state index contributed by atoms with van der Waals surface area (Å²) >= 11 is 0. The summed E-state index contributed by atoms with van der Waals surface area (Å²) in [4.78, 5) is 1.51. The lowest BCUT2D eigenvalue weighted by atomic mass is 9.96. The highest BCUT2D eigenvalue weighted by Gasteiger charge is 2.15. The lowest BCUT2D eigenvalue weighted by molar-refractivity contribution is 0.669. The Hall–Kier alpha value is -6.12. The van der Waals surface area contributed by atoms with E-state index in [9.17, 15) is 1.37 Å². The standard InChI is InChI=1S/C44H29NO/c1-3-9-30(10-4-1)31-19-23-38(24-20-31)45(37-11-5-2-6-12-37)39-25-21-32-15-17-34(27-36(32)28-39)35-18-16-33-22-26-43-44(41(33)29-35)40-13-7-8-14-42(40)46-43/h1-29H/i1D,2D,3D,4D,5D,6D,9D,10D,11D,12D,13D,22D,26D,29D. The number of para-hydroxylation sites is 2. The fourth-order valence-corrected chi connectivity index (χ4v) is 5.87. The number of anilines is 3. The van der Waals surface area contributed by atoms with Gasteiger partial charge in [0.1, 0.15) is 11.2 Å². The van der Waals surface area contributed by atoms with Crippen LogP contribution in [0.2, 0.25) is 0 Å². The lowest BCUT2D eigenvalue weighted by Crippen LogP contribution is -2.09. The molecule has 0 aliphatic rings. The summed E-state index contributed by atoms with van der Waals surface area (Å²) in [6.45, 7) is 0. The van der Waals surface area contributed by atoms with Crippen molar-refractivity contribution in [2.75, 3.05) is 4.90 Å². The maximum Gasteiger partial charge on any atom is 0.136 e. The summed E-state index contributed by atoms with van der Waals surface area (Å²) in [5, 5.41) is 3.11. The van der Waals surface area contributed by atoms with Crippen LogP contribution >= 0.6 is 0 Å². The summed E-state index contributed by atoms with van der Waals surface area (Å²) in [6, 6.07) is 20.8. The highest BCUT2D eigenvalue weighted by molar-refractivity contribution is 6.19. The Kier molecular flexibility index (Phi) is 3.70. The molecule has 46 heavy (non-hydrogen) atoms. The number of benzene rings is 8. The molecular weight excluding hydrogens is 558 g/mol. The molecule has 1 heterocycles. The molecule has 0 fully saturated rings. The second-order valence-electron chi connectivity index (χ2n) is 10.7. The molecule has 0 saturated carbocycles. The highest BCUT2D eigenvalue weighted by Crippen LogP contribution is 2.39. The van der Waals surface area contributed by atoms with Crippen molar-refractivity contribution >= 4 is 60.5 Å². The Morgan fingerprint density at radius 1 is 0.435 bits per heavy atom. The Balaban J connectivity index is 1.23. The molecule has 0 saturated heterocycles. The summed E-state index contributed by atoms with van der Waals surface area (Å²) in [5.74, 6) is 0. The first-order chi connectivity index (χ1) is 28.6. The van der Waals surface area contributed by atoms with Gasteiger partial charge in [0.05, 0.1) is 19.2 Å². The number of fused-ring (bicyclic) bond motifs is 6. The van der Waals surface area contributed by atoms with Crippen LogP contribution in [0.15, 0.2) is 180 Å². The molecule has 1 aromatic heterocycles. The van der Waals surface area contributed by atoms with Gasteiger partial charge in [0.2, 0.25) is 0 Å². The van der Waals surface area contributed by atoms with Crippen LogP contribution < -0.4 is 4.90 Å². The molecule has 0 spiro atoms. The van der Waals surface area contributed by atoms with Crippen molar-refractivity contribution in [3.8, 4) is 22.3 Å². The quantitative estimate of drug-likeness (QED) is 0.195. The Bertz CT molecular complexity index is 3270. The van der Waals surface area contributed by atoms with E-state index in [0.717, 1.165) is 5.39 Å². The minimum atomic E-state index is -0.564. The van der Waals surface area contributed by atoms with Crippen molar-refractivity contribution in [2.45, 2.75) is 0 Å². The zero-order valence-corrected chi connectivity index (χ0v) is 24.0. The molecule has 2 heteroatoms. The van der Waals surface area contributed by atoms with E-state index in [1.54, 1.807) is 66.7 Å². The summed E-state index contributed by atoms with van der Waals surface area (Å²) in [5.41, 5.74) is 2.59. The third-order valence-corrected chi connectivity index (χ3v) is 8.03. The van der Waals surface area contributed by atoms with Gasteiger partial charge in [-0.2, -0.15) is 0 Å². The number of hydrogen-bond donors (Lipinski definition) is 0. The van der Waals surface area contributed by atoms with Gasteiger partial charge >= 0.3 is 0 Å². The van der Waals surface area contributed by atoms with Crippen LogP contribution in [0.25, 0.3) is 65.7 Å². The van der Waals surface area contributed by atoms with Crippen molar-refractivity contribution in [1.82, 2.24) is 0 Å². The SMILES string of the molecule is [2H]c1c([2H])c([2H])c(-c2ccc(N(c3ccc4ccc(-c5ccc6c([2H])c([2H])c7oc8cccc([2H])c8c7c6c5[2H])cc4c3)c3c([2H])c([2H])c([2H])c([2H])c3[2H])cc2)c([2H])c1[2H]. The molecule has 0 amide bonds. The van der Waals surface area contributed by atoms with Gasteiger partial charge in [-0.05, 0) is 104 Å². The van der Waals surface area contributed by atoms with E-state index in [1.165, 1.54) is 4.90 Å². The first-order valence-corrected chi connectivity index (χ1v) is 14.5.